The number of ether oxygens (including phenoxy) is 1. The SMILES string of the molecule is COc1ccc(-c2cncc(F)c2)cc1C#N. The summed E-state index contributed by atoms with van der Waals surface area (Å²) >= 11 is 0. The van der Waals surface area contributed by atoms with Crippen molar-refractivity contribution in [3.8, 4) is 22.9 Å². The zero-order valence-corrected chi connectivity index (χ0v) is 9.14. The van der Waals surface area contributed by atoms with Crippen molar-refractivity contribution in [2.45, 2.75) is 0 Å². The molecule has 4 heteroatoms. The van der Waals surface area contributed by atoms with Crippen LogP contribution in [0, 0.1) is 17.1 Å². The van der Waals surface area contributed by atoms with Crippen molar-refractivity contribution < 1.29 is 9.13 Å². The first kappa shape index (κ1) is 11.1. The van der Waals surface area contributed by atoms with Crippen molar-refractivity contribution in [1.82, 2.24) is 4.98 Å². The number of nitriles is 1. The van der Waals surface area contributed by atoms with Crippen molar-refractivity contribution in [3.05, 3.63) is 48.0 Å². The summed E-state index contributed by atoms with van der Waals surface area (Å²) in [5.74, 6) is 0.0948. The van der Waals surface area contributed by atoms with Gasteiger partial charge < -0.3 is 4.74 Å². The maximum atomic E-state index is 13.0. The van der Waals surface area contributed by atoms with Crippen LogP contribution in [0.15, 0.2) is 36.7 Å². The minimum Gasteiger partial charge on any atom is -0.495 e. The Morgan fingerprint density at radius 1 is 1.24 bits per heavy atom. The molecule has 3 nitrogen and oxygen atoms in total. The maximum Gasteiger partial charge on any atom is 0.142 e. The van der Waals surface area contributed by atoms with Crippen molar-refractivity contribution in [2.24, 2.45) is 0 Å². The maximum absolute atomic E-state index is 13.0. The third-order valence-electron chi connectivity index (χ3n) is 2.36. The molecule has 0 bridgehead atoms. The monoisotopic (exact) mass is 228 g/mol. The minimum absolute atomic E-state index is 0.406. The van der Waals surface area contributed by atoms with Gasteiger partial charge in [0, 0.05) is 11.8 Å². The van der Waals surface area contributed by atoms with Gasteiger partial charge in [-0.25, -0.2) is 4.39 Å². The van der Waals surface area contributed by atoms with E-state index in [0.717, 1.165) is 11.8 Å². The number of aromatic nitrogens is 1. The van der Waals surface area contributed by atoms with Gasteiger partial charge in [-0.05, 0) is 23.8 Å². The second kappa shape index (κ2) is 4.62. The molecule has 0 saturated carbocycles. The van der Waals surface area contributed by atoms with Crippen molar-refractivity contribution in [1.29, 1.82) is 5.26 Å². The summed E-state index contributed by atoms with van der Waals surface area (Å²) in [4.78, 5) is 3.77. The Labute approximate surface area is 98.1 Å². The summed E-state index contributed by atoms with van der Waals surface area (Å²) in [6.45, 7) is 0. The predicted molar refractivity (Wildman–Crippen MR) is 60.9 cm³/mol. The molecule has 0 fully saturated rings. The number of rotatable bonds is 2. The van der Waals surface area contributed by atoms with Gasteiger partial charge >= 0.3 is 0 Å². The minimum atomic E-state index is -0.406. The molecule has 0 aliphatic rings. The zero-order chi connectivity index (χ0) is 12.3. The van der Waals surface area contributed by atoms with E-state index in [2.05, 4.69) is 4.98 Å². The van der Waals surface area contributed by atoms with Crippen LogP contribution in [0.25, 0.3) is 11.1 Å². The highest BCUT2D eigenvalue weighted by atomic mass is 19.1. The summed E-state index contributed by atoms with van der Waals surface area (Å²) < 4.78 is 18.1. The average molecular weight is 228 g/mol. The third kappa shape index (κ3) is 2.23. The van der Waals surface area contributed by atoms with Crippen LogP contribution in [0.4, 0.5) is 4.39 Å². The molecule has 1 heterocycles. The van der Waals surface area contributed by atoms with Crippen LogP contribution in [-0.2, 0) is 0 Å². The van der Waals surface area contributed by atoms with E-state index in [-0.39, 0.29) is 0 Å². The van der Waals surface area contributed by atoms with Gasteiger partial charge in [-0.15, -0.1) is 0 Å². The first-order valence-electron chi connectivity index (χ1n) is 4.93. The summed E-state index contributed by atoms with van der Waals surface area (Å²) in [6, 6.07) is 8.49. The van der Waals surface area contributed by atoms with Crippen LogP contribution in [0.5, 0.6) is 5.75 Å². The van der Waals surface area contributed by atoms with Gasteiger partial charge in [0.25, 0.3) is 0 Å². The average Bonchev–Trinajstić information content (AvgIpc) is 2.38. The van der Waals surface area contributed by atoms with Gasteiger partial charge in [-0.2, -0.15) is 5.26 Å². The molecule has 0 aliphatic carbocycles. The molecule has 1 aromatic carbocycles. The van der Waals surface area contributed by atoms with E-state index in [1.807, 2.05) is 6.07 Å². The van der Waals surface area contributed by atoms with Gasteiger partial charge in [-0.1, -0.05) is 6.07 Å². The lowest BCUT2D eigenvalue weighted by Gasteiger charge is -2.05. The molecular weight excluding hydrogens is 219 g/mol. The summed E-state index contributed by atoms with van der Waals surface area (Å²) in [7, 11) is 1.50. The number of hydrogen-bond donors (Lipinski definition) is 0. The number of methoxy groups -OCH3 is 1. The highest BCUT2D eigenvalue weighted by molar-refractivity contribution is 5.66. The van der Waals surface area contributed by atoms with Crippen LogP contribution >= 0.6 is 0 Å². The van der Waals surface area contributed by atoms with E-state index >= 15 is 0 Å². The zero-order valence-electron chi connectivity index (χ0n) is 9.14. The number of nitrogens with zero attached hydrogens (tertiary/aromatic N) is 2. The molecule has 0 saturated heterocycles. The molecule has 0 aliphatic heterocycles. The van der Waals surface area contributed by atoms with Crippen LogP contribution in [0.2, 0.25) is 0 Å². The second-order valence-electron chi connectivity index (χ2n) is 3.42. The number of benzene rings is 1. The fourth-order valence-electron chi connectivity index (χ4n) is 1.54. The fraction of sp³-hybridized carbons (Fsp3) is 0.0769. The Morgan fingerprint density at radius 2 is 2.06 bits per heavy atom. The lowest BCUT2D eigenvalue weighted by molar-refractivity contribution is 0.413. The van der Waals surface area contributed by atoms with Crippen LogP contribution in [-0.4, -0.2) is 12.1 Å². The number of halogens is 1. The fourth-order valence-corrected chi connectivity index (χ4v) is 1.54. The van der Waals surface area contributed by atoms with E-state index in [4.69, 9.17) is 10.00 Å². The van der Waals surface area contributed by atoms with Gasteiger partial charge in [0.1, 0.15) is 17.6 Å². The first-order valence-corrected chi connectivity index (χ1v) is 4.93. The molecule has 2 aromatic rings. The summed E-state index contributed by atoms with van der Waals surface area (Å²) in [6.07, 6.45) is 2.68. The quantitative estimate of drug-likeness (QED) is 0.793. The molecule has 0 atom stereocenters. The predicted octanol–water partition coefficient (Wildman–Crippen LogP) is 2.77. The molecule has 0 radical (unpaired) electrons. The summed E-state index contributed by atoms with van der Waals surface area (Å²) in [5, 5.41) is 8.96. The van der Waals surface area contributed by atoms with Crippen LogP contribution in [0.3, 0.4) is 0 Å². The van der Waals surface area contributed by atoms with Crippen molar-refractivity contribution in [2.75, 3.05) is 7.11 Å². The highest BCUT2D eigenvalue weighted by Crippen LogP contribution is 2.25. The van der Waals surface area contributed by atoms with E-state index < -0.39 is 5.82 Å². The second-order valence-corrected chi connectivity index (χ2v) is 3.42. The van der Waals surface area contributed by atoms with Gasteiger partial charge in [0.15, 0.2) is 0 Å². The van der Waals surface area contributed by atoms with E-state index in [0.29, 0.717) is 16.9 Å². The largest absolute Gasteiger partial charge is 0.495 e. The van der Waals surface area contributed by atoms with Crippen LogP contribution < -0.4 is 4.74 Å². The molecule has 0 spiro atoms. The Balaban J connectivity index is 2.51. The normalized spacial score (nSPS) is 9.71. The highest BCUT2D eigenvalue weighted by Gasteiger charge is 2.06. The molecular formula is C13H9FN2O. The summed E-state index contributed by atoms with van der Waals surface area (Å²) in [5.41, 5.74) is 1.77. The van der Waals surface area contributed by atoms with Crippen LogP contribution in [0.1, 0.15) is 5.56 Å². The molecule has 1 aromatic heterocycles. The Kier molecular flexibility index (Phi) is 3.01. The third-order valence-corrected chi connectivity index (χ3v) is 2.36. The van der Waals surface area contributed by atoms with Gasteiger partial charge in [0.2, 0.25) is 0 Å². The molecule has 84 valence electrons. The van der Waals surface area contributed by atoms with Crippen molar-refractivity contribution >= 4 is 0 Å². The van der Waals surface area contributed by atoms with Gasteiger partial charge in [0.05, 0.1) is 18.9 Å². The Hall–Kier alpha value is -2.41. The lowest BCUT2D eigenvalue weighted by atomic mass is 10.0. The van der Waals surface area contributed by atoms with E-state index in [9.17, 15) is 4.39 Å². The molecule has 0 unspecified atom stereocenters. The standard InChI is InChI=1S/C13H9FN2O/c1-17-13-3-2-9(4-10(13)6-15)11-5-12(14)8-16-7-11/h2-5,7-8H,1H3. The van der Waals surface area contributed by atoms with Gasteiger partial charge in [-0.3, -0.25) is 4.98 Å². The lowest BCUT2D eigenvalue weighted by Crippen LogP contribution is -1.89. The Morgan fingerprint density at radius 3 is 2.71 bits per heavy atom. The molecule has 0 amide bonds. The van der Waals surface area contributed by atoms with E-state index in [1.54, 1.807) is 24.4 Å². The molecule has 2 rings (SSSR count). The van der Waals surface area contributed by atoms with Crippen molar-refractivity contribution in [3.63, 3.8) is 0 Å². The van der Waals surface area contributed by atoms with E-state index in [1.165, 1.54) is 13.2 Å². The molecule has 17 heavy (non-hydrogen) atoms. The smallest absolute Gasteiger partial charge is 0.142 e. The molecule has 0 N–H and O–H groups in total. The topological polar surface area (TPSA) is 45.9 Å². The number of pyridine rings is 1. The number of hydrogen-bond acceptors (Lipinski definition) is 3. The Bertz CT molecular complexity index is 590. The first-order chi connectivity index (χ1) is 8.24.